The molecule has 1 saturated heterocycles. The molecule has 1 aromatic carbocycles. The Kier molecular flexibility index (Phi) is 5.27. The highest BCUT2D eigenvalue weighted by molar-refractivity contribution is 6.31. The Balaban J connectivity index is 2.22. The molecule has 0 amide bonds. The van der Waals surface area contributed by atoms with Crippen molar-refractivity contribution in [3.05, 3.63) is 28.3 Å². The number of nitrogens with one attached hydrogen (secondary N) is 1. The van der Waals surface area contributed by atoms with E-state index in [1.165, 1.54) is 0 Å². The maximum absolute atomic E-state index is 10.7. The van der Waals surface area contributed by atoms with E-state index >= 15 is 0 Å². The molecule has 112 valence electrons. The van der Waals surface area contributed by atoms with Crippen LogP contribution < -0.4 is 10.1 Å². The average molecular weight is 299 g/mol. The Labute approximate surface area is 125 Å². The molecule has 1 fully saturated rings. The molecular weight excluding hydrogens is 276 g/mol. The molecule has 0 radical (unpaired) electrons. The molecule has 2 rings (SSSR count). The van der Waals surface area contributed by atoms with Crippen molar-refractivity contribution in [2.75, 3.05) is 33.3 Å². The Morgan fingerprint density at radius 1 is 1.35 bits per heavy atom. The van der Waals surface area contributed by atoms with Crippen LogP contribution in [-0.4, -0.2) is 49.3 Å². The number of hydrogen-bond acceptors (Lipinski definition) is 4. The van der Waals surface area contributed by atoms with Gasteiger partial charge in [0, 0.05) is 42.8 Å². The fourth-order valence-corrected chi connectivity index (χ4v) is 2.80. The minimum absolute atomic E-state index is 0.0322. The normalized spacial score (nSPS) is 19.6. The zero-order valence-corrected chi connectivity index (χ0v) is 13.1. The van der Waals surface area contributed by atoms with Crippen LogP contribution in [0.2, 0.25) is 5.02 Å². The monoisotopic (exact) mass is 298 g/mol. The van der Waals surface area contributed by atoms with Gasteiger partial charge in [-0.3, -0.25) is 4.90 Å². The van der Waals surface area contributed by atoms with E-state index in [0.717, 1.165) is 37.3 Å². The first-order chi connectivity index (χ1) is 9.54. The van der Waals surface area contributed by atoms with Crippen molar-refractivity contribution in [3.8, 4) is 5.75 Å². The standard InChI is InChI=1S/C15H23ClN2O2/c1-10-8-14(20-3)12(9-13(10)16)15(19)11(2)18-6-4-17-5-7-18/h8-9,11,15,17,19H,4-7H2,1-3H3. The molecule has 0 spiro atoms. The maximum Gasteiger partial charge on any atom is 0.125 e. The van der Waals surface area contributed by atoms with Gasteiger partial charge < -0.3 is 15.2 Å². The second-order valence-electron chi connectivity index (χ2n) is 5.31. The zero-order chi connectivity index (χ0) is 14.7. The summed E-state index contributed by atoms with van der Waals surface area (Å²) in [4.78, 5) is 2.29. The summed E-state index contributed by atoms with van der Waals surface area (Å²) in [6.45, 7) is 7.79. The summed E-state index contributed by atoms with van der Waals surface area (Å²) in [5.41, 5.74) is 1.71. The first kappa shape index (κ1) is 15.6. The van der Waals surface area contributed by atoms with Crippen molar-refractivity contribution < 1.29 is 9.84 Å². The summed E-state index contributed by atoms with van der Waals surface area (Å²) in [5.74, 6) is 0.696. The van der Waals surface area contributed by atoms with Gasteiger partial charge in [0.05, 0.1) is 13.2 Å². The van der Waals surface area contributed by atoms with E-state index in [1.807, 2.05) is 26.0 Å². The van der Waals surface area contributed by atoms with E-state index < -0.39 is 6.10 Å². The van der Waals surface area contributed by atoms with Crippen molar-refractivity contribution in [2.24, 2.45) is 0 Å². The van der Waals surface area contributed by atoms with E-state index in [-0.39, 0.29) is 6.04 Å². The van der Waals surface area contributed by atoms with Gasteiger partial charge in [-0.25, -0.2) is 0 Å². The number of aliphatic hydroxyl groups excluding tert-OH is 1. The first-order valence-corrected chi connectivity index (χ1v) is 7.39. The number of halogens is 1. The lowest BCUT2D eigenvalue weighted by molar-refractivity contribution is 0.0495. The van der Waals surface area contributed by atoms with Gasteiger partial charge in [0.2, 0.25) is 0 Å². The van der Waals surface area contributed by atoms with Crippen LogP contribution in [0.25, 0.3) is 0 Å². The Hall–Kier alpha value is -0.810. The van der Waals surface area contributed by atoms with Crippen molar-refractivity contribution >= 4 is 11.6 Å². The minimum Gasteiger partial charge on any atom is -0.496 e. The third-order valence-corrected chi connectivity index (χ3v) is 4.42. The quantitative estimate of drug-likeness (QED) is 0.892. The topological polar surface area (TPSA) is 44.7 Å². The Bertz CT molecular complexity index is 461. The largest absolute Gasteiger partial charge is 0.496 e. The van der Waals surface area contributed by atoms with Crippen molar-refractivity contribution in [2.45, 2.75) is 26.0 Å². The van der Waals surface area contributed by atoms with E-state index in [2.05, 4.69) is 10.2 Å². The number of rotatable bonds is 4. The third-order valence-electron chi connectivity index (χ3n) is 4.01. The van der Waals surface area contributed by atoms with Gasteiger partial charge in [-0.15, -0.1) is 0 Å². The van der Waals surface area contributed by atoms with Crippen LogP contribution in [0.3, 0.4) is 0 Å². The number of nitrogens with zero attached hydrogens (tertiary/aromatic N) is 1. The van der Waals surface area contributed by atoms with Gasteiger partial charge in [-0.1, -0.05) is 11.6 Å². The molecular formula is C15H23ClN2O2. The lowest BCUT2D eigenvalue weighted by Gasteiger charge is -2.35. The number of ether oxygens (including phenoxy) is 1. The summed E-state index contributed by atoms with van der Waals surface area (Å²) in [5, 5.41) is 14.6. The number of aryl methyl sites for hydroxylation is 1. The van der Waals surface area contributed by atoms with Crippen molar-refractivity contribution in [1.29, 1.82) is 0 Å². The zero-order valence-electron chi connectivity index (χ0n) is 12.3. The molecule has 1 aliphatic heterocycles. The molecule has 1 heterocycles. The molecule has 2 atom stereocenters. The predicted molar refractivity (Wildman–Crippen MR) is 81.6 cm³/mol. The number of aliphatic hydroxyl groups is 1. The molecule has 0 aliphatic carbocycles. The lowest BCUT2D eigenvalue weighted by atomic mass is 9.99. The third kappa shape index (κ3) is 3.26. The Morgan fingerprint density at radius 2 is 2.00 bits per heavy atom. The average Bonchev–Trinajstić information content (AvgIpc) is 2.49. The van der Waals surface area contributed by atoms with Crippen LogP contribution >= 0.6 is 11.6 Å². The molecule has 2 unspecified atom stereocenters. The number of methoxy groups -OCH3 is 1. The first-order valence-electron chi connectivity index (χ1n) is 7.01. The van der Waals surface area contributed by atoms with Crippen LogP contribution in [-0.2, 0) is 0 Å². The van der Waals surface area contributed by atoms with E-state index in [9.17, 15) is 5.11 Å². The molecule has 1 aliphatic rings. The van der Waals surface area contributed by atoms with Crippen molar-refractivity contribution in [3.63, 3.8) is 0 Å². The molecule has 1 aromatic rings. The van der Waals surface area contributed by atoms with Crippen LogP contribution in [0.5, 0.6) is 5.75 Å². The van der Waals surface area contributed by atoms with Gasteiger partial charge in [-0.2, -0.15) is 0 Å². The van der Waals surface area contributed by atoms with Crippen LogP contribution in [0.15, 0.2) is 12.1 Å². The van der Waals surface area contributed by atoms with Gasteiger partial charge in [0.25, 0.3) is 0 Å². The van der Waals surface area contributed by atoms with Gasteiger partial charge in [0.1, 0.15) is 5.75 Å². The predicted octanol–water partition coefficient (Wildman–Crippen LogP) is 1.98. The van der Waals surface area contributed by atoms with E-state index in [0.29, 0.717) is 10.8 Å². The lowest BCUT2D eigenvalue weighted by Crippen LogP contribution is -2.49. The van der Waals surface area contributed by atoms with Crippen LogP contribution in [0, 0.1) is 6.92 Å². The molecule has 5 heteroatoms. The molecule has 4 nitrogen and oxygen atoms in total. The second kappa shape index (κ2) is 6.76. The number of hydrogen-bond donors (Lipinski definition) is 2. The smallest absolute Gasteiger partial charge is 0.125 e. The number of benzene rings is 1. The van der Waals surface area contributed by atoms with E-state index in [4.69, 9.17) is 16.3 Å². The molecule has 0 bridgehead atoms. The number of piperazine rings is 1. The summed E-state index contributed by atoms with van der Waals surface area (Å²) in [6.07, 6.45) is -0.610. The minimum atomic E-state index is -0.610. The van der Waals surface area contributed by atoms with Gasteiger partial charge >= 0.3 is 0 Å². The highest BCUT2D eigenvalue weighted by Crippen LogP contribution is 2.33. The fraction of sp³-hybridized carbons (Fsp3) is 0.600. The Morgan fingerprint density at radius 3 is 2.60 bits per heavy atom. The van der Waals surface area contributed by atoms with E-state index in [1.54, 1.807) is 7.11 Å². The van der Waals surface area contributed by atoms with Crippen LogP contribution in [0.1, 0.15) is 24.2 Å². The highest BCUT2D eigenvalue weighted by Gasteiger charge is 2.27. The SMILES string of the molecule is COc1cc(C)c(Cl)cc1C(O)C(C)N1CCNCC1. The van der Waals surface area contributed by atoms with Gasteiger partial charge in [0.15, 0.2) is 0 Å². The maximum atomic E-state index is 10.7. The van der Waals surface area contributed by atoms with Gasteiger partial charge in [-0.05, 0) is 31.5 Å². The molecule has 2 N–H and O–H groups in total. The summed E-state index contributed by atoms with van der Waals surface area (Å²) < 4.78 is 5.39. The highest BCUT2D eigenvalue weighted by atomic mass is 35.5. The molecule has 0 aromatic heterocycles. The van der Waals surface area contributed by atoms with Crippen molar-refractivity contribution in [1.82, 2.24) is 10.2 Å². The second-order valence-corrected chi connectivity index (χ2v) is 5.72. The molecule has 20 heavy (non-hydrogen) atoms. The van der Waals surface area contributed by atoms with Crippen LogP contribution in [0.4, 0.5) is 0 Å². The summed E-state index contributed by atoms with van der Waals surface area (Å²) in [7, 11) is 1.62. The summed E-state index contributed by atoms with van der Waals surface area (Å²) in [6, 6.07) is 3.73. The molecule has 0 saturated carbocycles. The summed E-state index contributed by atoms with van der Waals surface area (Å²) >= 11 is 6.19. The fourth-order valence-electron chi connectivity index (χ4n) is 2.63.